The fraction of sp³-hybridized carbons (Fsp3) is 0.500. The van der Waals surface area contributed by atoms with Crippen LogP contribution in [0.3, 0.4) is 0 Å². The molecule has 1 saturated carbocycles. The smallest absolute Gasteiger partial charge is 0.262 e. The third kappa shape index (κ3) is 3.06. The summed E-state index contributed by atoms with van der Waals surface area (Å²) >= 11 is 0. The predicted octanol–water partition coefficient (Wildman–Crippen LogP) is 1.22. The van der Waals surface area contributed by atoms with Gasteiger partial charge in [0.1, 0.15) is 6.54 Å². The van der Waals surface area contributed by atoms with Crippen molar-refractivity contribution in [3.8, 4) is 0 Å². The zero-order chi connectivity index (χ0) is 17.3. The first-order valence-corrected chi connectivity index (χ1v) is 8.47. The molecule has 3 amide bonds. The minimum atomic E-state index is -0.399. The number of amides is 3. The Morgan fingerprint density at radius 3 is 2.67 bits per heavy atom. The molecule has 1 aliphatic carbocycles. The average molecular weight is 329 g/mol. The largest absolute Gasteiger partial charge is 0.351 e. The summed E-state index contributed by atoms with van der Waals surface area (Å²) in [5.74, 6) is -0.823. The Kier molecular flexibility index (Phi) is 4.66. The molecule has 1 aromatic carbocycles. The highest BCUT2D eigenvalue weighted by molar-refractivity contribution is 6.22. The molecule has 0 spiro atoms. The number of nitrogens with two attached hydrogens (primary N) is 1. The molecule has 0 aromatic heterocycles. The lowest BCUT2D eigenvalue weighted by Gasteiger charge is -2.31. The second-order valence-corrected chi connectivity index (χ2v) is 6.70. The van der Waals surface area contributed by atoms with Gasteiger partial charge in [-0.25, -0.2) is 0 Å². The van der Waals surface area contributed by atoms with Gasteiger partial charge in [-0.05, 0) is 44.4 Å². The Morgan fingerprint density at radius 1 is 1.21 bits per heavy atom. The van der Waals surface area contributed by atoms with Gasteiger partial charge >= 0.3 is 0 Å². The fourth-order valence-corrected chi connectivity index (χ4v) is 3.62. The number of aryl methyl sites for hydroxylation is 1. The van der Waals surface area contributed by atoms with Crippen LogP contribution in [0, 0.1) is 12.8 Å². The maximum Gasteiger partial charge on any atom is 0.262 e. The zero-order valence-corrected chi connectivity index (χ0v) is 13.9. The molecule has 24 heavy (non-hydrogen) atoms. The van der Waals surface area contributed by atoms with Gasteiger partial charge in [-0.2, -0.15) is 0 Å². The van der Waals surface area contributed by atoms with Gasteiger partial charge < -0.3 is 11.1 Å². The van der Waals surface area contributed by atoms with E-state index < -0.39 is 11.8 Å². The van der Waals surface area contributed by atoms with Crippen LogP contribution in [0.4, 0.5) is 0 Å². The molecule has 6 nitrogen and oxygen atoms in total. The number of imide groups is 1. The van der Waals surface area contributed by atoms with Gasteiger partial charge in [0.05, 0.1) is 11.1 Å². The van der Waals surface area contributed by atoms with Crippen LogP contribution in [0.15, 0.2) is 18.2 Å². The number of fused-ring (bicyclic) bond motifs is 1. The van der Waals surface area contributed by atoms with Crippen molar-refractivity contribution in [2.75, 3.05) is 13.1 Å². The van der Waals surface area contributed by atoms with Gasteiger partial charge in [0.2, 0.25) is 5.91 Å². The number of benzene rings is 1. The van der Waals surface area contributed by atoms with Crippen molar-refractivity contribution < 1.29 is 14.4 Å². The Morgan fingerprint density at radius 2 is 1.92 bits per heavy atom. The number of carbonyl (C=O) groups is 3. The van der Waals surface area contributed by atoms with Crippen molar-refractivity contribution in [1.29, 1.82) is 0 Å². The van der Waals surface area contributed by atoms with Gasteiger partial charge in [-0.15, -0.1) is 0 Å². The topological polar surface area (TPSA) is 92.5 Å². The van der Waals surface area contributed by atoms with E-state index >= 15 is 0 Å². The molecule has 1 fully saturated rings. The minimum absolute atomic E-state index is 0.0358. The minimum Gasteiger partial charge on any atom is -0.351 e. The van der Waals surface area contributed by atoms with Crippen LogP contribution in [-0.4, -0.2) is 41.8 Å². The van der Waals surface area contributed by atoms with E-state index in [1.165, 1.54) is 0 Å². The number of hydrogen-bond donors (Lipinski definition) is 2. The van der Waals surface area contributed by atoms with Gasteiger partial charge in [0, 0.05) is 6.04 Å². The van der Waals surface area contributed by atoms with Crippen LogP contribution in [0.25, 0.3) is 0 Å². The van der Waals surface area contributed by atoms with Crippen molar-refractivity contribution >= 4 is 17.7 Å². The summed E-state index contributed by atoms with van der Waals surface area (Å²) in [5.41, 5.74) is 7.44. The van der Waals surface area contributed by atoms with Crippen molar-refractivity contribution in [1.82, 2.24) is 10.2 Å². The van der Waals surface area contributed by atoms with E-state index in [0.29, 0.717) is 17.7 Å². The van der Waals surface area contributed by atoms with Crippen molar-refractivity contribution in [2.24, 2.45) is 11.7 Å². The molecule has 0 bridgehead atoms. The van der Waals surface area contributed by atoms with Crippen LogP contribution in [0.1, 0.15) is 52.0 Å². The Balaban J connectivity index is 1.67. The molecule has 1 aliphatic heterocycles. The molecule has 0 radical (unpaired) electrons. The van der Waals surface area contributed by atoms with E-state index in [9.17, 15) is 14.4 Å². The molecule has 6 heteroatoms. The molecular formula is C18H23N3O3. The third-order valence-corrected chi connectivity index (χ3v) is 4.99. The molecule has 0 saturated heterocycles. The Hall–Kier alpha value is -2.21. The van der Waals surface area contributed by atoms with E-state index in [4.69, 9.17) is 5.73 Å². The van der Waals surface area contributed by atoms with Gasteiger partial charge in [0.15, 0.2) is 0 Å². The van der Waals surface area contributed by atoms with Crippen LogP contribution in [0.5, 0.6) is 0 Å². The predicted molar refractivity (Wildman–Crippen MR) is 89.5 cm³/mol. The molecular weight excluding hydrogens is 306 g/mol. The number of nitrogens with zero attached hydrogens (tertiary/aromatic N) is 1. The summed E-state index contributed by atoms with van der Waals surface area (Å²) in [4.78, 5) is 38.2. The van der Waals surface area contributed by atoms with E-state index in [1.807, 2.05) is 6.92 Å². The first-order valence-electron chi connectivity index (χ1n) is 8.47. The summed E-state index contributed by atoms with van der Waals surface area (Å²) in [6.45, 7) is 2.17. The summed E-state index contributed by atoms with van der Waals surface area (Å²) < 4.78 is 0. The van der Waals surface area contributed by atoms with E-state index in [-0.39, 0.29) is 24.4 Å². The molecule has 128 valence electrons. The molecule has 3 rings (SSSR count). The molecule has 1 aromatic rings. The lowest BCUT2D eigenvalue weighted by molar-refractivity contribution is -0.122. The molecule has 2 atom stereocenters. The highest BCUT2D eigenvalue weighted by atomic mass is 16.2. The fourth-order valence-electron chi connectivity index (χ4n) is 3.62. The SMILES string of the molecule is Cc1ccc2c(c1)C(=O)N(CC(=O)NC1CCCCC1CN)C2=O. The van der Waals surface area contributed by atoms with Crippen molar-refractivity contribution in [3.63, 3.8) is 0 Å². The van der Waals surface area contributed by atoms with Crippen molar-refractivity contribution in [3.05, 3.63) is 34.9 Å². The number of carbonyl (C=O) groups excluding carboxylic acids is 3. The van der Waals surface area contributed by atoms with E-state index in [2.05, 4.69) is 5.32 Å². The highest BCUT2D eigenvalue weighted by Crippen LogP contribution is 2.25. The number of rotatable bonds is 4. The third-order valence-electron chi connectivity index (χ3n) is 4.99. The normalized spacial score (nSPS) is 23.3. The molecule has 1 heterocycles. The standard InChI is InChI=1S/C18H23N3O3/c1-11-6-7-13-14(8-11)18(24)21(17(13)23)10-16(22)20-15-5-3-2-4-12(15)9-19/h6-8,12,15H,2-5,9-10,19H2,1H3,(H,20,22). The zero-order valence-electron chi connectivity index (χ0n) is 13.9. The second-order valence-electron chi connectivity index (χ2n) is 6.70. The van der Waals surface area contributed by atoms with Crippen LogP contribution in [-0.2, 0) is 4.79 Å². The lowest BCUT2D eigenvalue weighted by atomic mass is 9.84. The second kappa shape index (κ2) is 6.73. The number of nitrogens with one attached hydrogen (secondary N) is 1. The van der Waals surface area contributed by atoms with E-state index in [0.717, 1.165) is 36.1 Å². The highest BCUT2D eigenvalue weighted by Gasteiger charge is 2.37. The maximum absolute atomic E-state index is 12.4. The Bertz CT molecular complexity index is 686. The molecule has 3 N–H and O–H groups in total. The first-order chi connectivity index (χ1) is 11.5. The maximum atomic E-state index is 12.4. The van der Waals surface area contributed by atoms with Gasteiger partial charge in [-0.3, -0.25) is 19.3 Å². The van der Waals surface area contributed by atoms with Crippen LogP contribution >= 0.6 is 0 Å². The Labute approximate surface area is 141 Å². The van der Waals surface area contributed by atoms with Crippen LogP contribution in [0.2, 0.25) is 0 Å². The first kappa shape index (κ1) is 16.6. The average Bonchev–Trinajstić information content (AvgIpc) is 2.80. The van der Waals surface area contributed by atoms with Crippen LogP contribution < -0.4 is 11.1 Å². The molecule has 2 unspecified atom stereocenters. The summed E-state index contributed by atoms with van der Waals surface area (Å²) in [6.07, 6.45) is 4.10. The lowest BCUT2D eigenvalue weighted by Crippen LogP contribution is -2.48. The number of hydrogen-bond acceptors (Lipinski definition) is 4. The van der Waals surface area contributed by atoms with Gasteiger partial charge in [-0.1, -0.05) is 24.5 Å². The monoisotopic (exact) mass is 329 g/mol. The molecule has 2 aliphatic rings. The quantitative estimate of drug-likeness (QED) is 0.813. The van der Waals surface area contributed by atoms with E-state index in [1.54, 1.807) is 18.2 Å². The summed E-state index contributed by atoms with van der Waals surface area (Å²) in [5, 5.41) is 2.96. The van der Waals surface area contributed by atoms with Crippen molar-refractivity contribution in [2.45, 2.75) is 38.6 Å². The summed E-state index contributed by atoms with van der Waals surface area (Å²) in [6, 6.07) is 5.17. The van der Waals surface area contributed by atoms with Gasteiger partial charge in [0.25, 0.3) is 11.8 Å². The summed E-state index contributed by atoms with van der Waals surface area (Å²) in [7, 11) is 0.